The van der Waals surface area contributed by atoms with Crippen molar-refractivity contribution in [2.45, 2.75) is 6.42 Å². The van der Waals surface area contributed by atoms with Crippen molar-refractivity contribution >= 4 is 17.5 Å². The molecular weight excluding hydrogens is 188 g/mol. The second kappa shape index (κ2) is 3.45. The van der Waals surface area contributed by atoms with E-state index in [0.29, 0.717) is 23.8 Å². The van der Waals surface area contributed by atoms with Gasteiger partial charge in [0.25, 0.3) is 0 Å². The van der Waals surface area contributed by atoms with Crippen LogP contribution in [0.25, 0.3) is 0 Å². The van der Waals surface area contributed by atoms with Crippen LogP contribution in [0, 0.1) is 5.92 Å². The zero-order chi connectivity index (χ0) is 9.26. The van der Waals surface area contributed by atoms with Crippen molar-refractivity contribution in [3.05, 3.63) is 5.82 Å². The lowest BCUT2D eigenvalue weighted by molar-refractivity contribution is -0.119. The molecule has 0 bridgehead atoms. The number of aryl methyl sites for hydroxylation is 1. The molecule has 1 aliphatic heterocycles. The number of tetrazole rings is 1. The Morgan fingerprint density at radius 1 is 1.69 bits per heavy atom. The molecule has 0 radical (unpaired) electrons. The van der Waals surface area contributed by atoms with Crippen molar-refractivity contribution in [2.75, 3.05) is 11.5 Å². The molecule has 1 saturated heterocycles. The third-order valence-electron chi connectivity index (χ3n) is 2.00. The molecule has 0 spiro atoms. The molecule has 1 fully saturated rings. The molecule has 2 rings (SSSR count). The summed E-state index contributed by atoms with van der Waals surface area (Å²) in [5.41, 5.74) is 0. The van der Waals surface area contributed by atoms with Crippen LogP contribution >= 0.6 is 11.8 Å². The Labute approximate surface area is 79.9 Å². The first-order valence-electron chi connectivity index (χ1n) is 4.09. The maximum Gasteiger partial charge on any atom is 0.175 e. The highest BCUT2D eigenvalue weighted by Crippen LogP contribution is 2.22. The van der Waals surface area contributed by atoms with Gasteiger partial charge in [-0.3, -0.25) is 4.79 Å². The summed E-state index contributed by atoms with van der Waals surface area (Å²) in [5, 5.41) is 11.6. The largest absolute Gasteiger partial charge is 0.298 e. The van der Waals surface area contributed by atoms with Crippen LogP contribution in [0.2, 0.25) is 0 Å². The lowest BCUT2D eigenvalue weighted by Crippen LogP contribution is -2.15. The second-order valence-corrected chi connectivity index (χ2v) is 4.11. The highest BCUT2D eigenvalue weighted by Gasteiger charge is 2.26. The third kappa shape index (κ3) is 1.88. The van der Waals surface area contributed by atoms with E-state index >= 15 is 0 Å². The Balaban J connectivity index is 2.01. The lowest BCUT2D eigenvalue weighted by atomic mass is 10.0. The standard InChI is InChI=1S/C7H10N4OS/c1-11-9-7(8-10-11)2-5-3-13-4-6(5)12/h5H,2-4H2,1H3. The van der Waals surface area contributed by atoms with Crippen LogP contribution in [-0.2, 0) is 18.3 Å². The molecule has 2 heterocycles. The van der Waals surface area contributed by atoms with Crippen molar-refractivity contribution < 1.29 is 4.79 Å². The second-order valence-electron chi connectivity index (χ2n) is 3.08. The number of Topliss-reactive ketones (excluding diaryl/α,β-unsaturated/α-hetero) is 1. The minimum atomic E-state index is 0.106. The third-order valence-corrected chi connectivity index (χ3v) is 3.12. The van der Waals surface area contributed by atoms with E-state index in [0.717, 1.165) is 5.75 Å². The summed E-state index contributed by atoms with van der Waals surface area (Å²) in [7, 11) is 1.72. The Hall–Kier alpha value is -0.910. The summed E-state index contributed by atoms with van der Waals surface area (Å²) >= 11 is 1.68. The number of ketones is 1. The molecule has 0 amide bonds. The van der Waals surface area contributed by atoms with Crippen molar-refractivity contribution in [1.82, 2.24) is 20.2 Å². The summed E-state index contributed by atoms with van der Waals surface area (Å²) < 4.78 is 0. The predicted molar refractivity (Wildman–Crippen MR) is 48.3 cm³/mol. The number of nitrogens with zero attached hydrogens (tertiary/aromatic N) is 4. The zero-order valence-electron chi connectivity index (χ0n) is 7.30. The molecule has 1 aromatic heterocycles. The van der Waals surface area contributed by atoms with Crippen LogP contribution in [-0.4, -0.2) is 37.5 Å². The first-order chi connectivity index (χ1) is 6.25. The van der Waals surface area contributed by atoms with E-state index in [9.17, 15) is 4.79 Å². The highest BCUT2D eigenvalue weighted by atomic mass is 32.2. The van der Waals surface area contributed by atoms with E-state index in [1.54, 1.807) is 18.8 Å². The van der Waals surface area contributed by atoms with E-state index in [2.05, 4.69) is 15.4 Å². The van der Waals surface area contributed by atoms with Gasteiger partial charge in [0.15, 0.2) is 5.82 Å². The van der Waals surface area contributed by atoms with Gasteiger partial charge in [-0.2, -0.15) is 16.6 Å². The average Bonchev–Trinajstić information content (AvgIpc) is 2.64. The number of carbonyl (C=O) groups excluding carboxylic acids is 1. The fourth-order valence-electron chi connectivity index (χ4n) is 1.31. The summed E-state index contributed by atoms with van der Waals surface area (Å²) in [6, 6.07) is 0. The first kappa shape index (κ1) is 8.68. The minimum absolute atomic E-state index is 0.106. The molecule has 0 aliphatic carbocycles. The van der Waals surface area contributed by atoms with Gasteiger partial charge >= 0.3 is 0 Å². The Bertz CT molecular complexity index is 324. The van der Waals surface area contributed by atoms with E-state index in [-0.39, 0.29) is 5.92 Å². The van der Waals surface area contributed by atoms with Gasteiger partial charge in [0, 0.05) is 18.1 Å². The number of aromatic nitrogens is 4. The molecule has 0 saturated carbocycles. The Morgan fingerprint density at radius 2 is 2.54 bits per heavy atom. The van der Waals surface area contributed by atoms with Gasteiger partial charge in [0.2, 0.25) is 0 Å². The van der Waals surface area contributed by atoms with Crippen molar-refractivity contribution in [3.63, 3.8) is 0 Å². The quantitative estimate of drug-likeness (QED) is 0.652. The van der Waals surface area contributed by atoms with Gasteiger partial charge in [0.1, 0.15) is 5.78 Å². The molecule has 13 heavy (non-hydrogen) atoms. The number of hydrogen-bond donors (Lipinski definition) is 0. The van der Waals surface area contributed by atoms with Gasteiger partial charge in [0.05, 0.1) is 12.8 Å². The topological polar surface area (TPSA) is 60.7 Å². The molecule has 6 heteroatoms. The van der Waals surface area contributed by atoms with Crippen LogP contribution in [0.1, 0.15) is 5.82 Å². The van der Waals surface area contributed by atoms with Crippen molar-refractivity contribution in [1.29, 1.82) is 0 Å². The summed E-state index contributed by atoms with van der Waals surface area (Å²) in [4.78, 5) is 12.7. The van der Waals surface area contributed by atoms with Gasteiger partial charge < -0.3 is 0 Å². The van der Waals surface area contributed by atoms with E-state index in [1.807, 2.05) is 0 Å². The van der Waals surface area contributed by atoms with Gasteiger partial charge in [-0.1, -0.05) is 0 Å². The van der Waals surface area contributed by atoms with E-state index in [1.165, 1.54) is 4.80 Å². The fourth-order valence-corrected chi connectivity index (χ4v) is 2.45. The predicted octanol–water partition coefficient (Wildman–Crippen LogP) is -0.315. The monoisotopic (exact) mass is 198 g/mol. The molecule has 1 atom stereocenters. The van der Waals surface area contributed by atoms with Gasteiger partial charge in [-0.15, -0.1) is 10.2 Å². The normalized spacial score (nSPS) is 22.5. The van der Waals surface area contributed by atoms with Crippen LogP contribution in [0.5, 0.6) is 0 Å². The van der Waals surface area contributed by atoms with Gasteiger partial charge in [-0.05, 0) is 5.21 Å². The molecule has 0 N–H and O–H groups in total. The smallest absolute Gasteiger partial charge is 0.175 e. The summed E-state index contributed by atoms with van der Waals surface area (Å²) in [6.45, 7) is 0. The molecule has 1 unspecified atom stereocenters. The molecule has 70 valence electrons. The van der Waals surface area contributed by atoms with Crippen LogP contribution < -0.4 is 0 Å². The maximum absolute atomic E-state index is 11.3. The highest BCUT2D eigenvalue weighted by molar-refractivity contribution is 8.00. The zero-order valence-corrected chi connectivity index (χ0v) is 8.12. The lowest BCUT2D eigenvalue weighted by Gasteiger charge is -2.00. The number of rotatable bonds is 2. The molecule has 1 aliphatic rings. The maximum atomic E-state index is 11.3. The van der Waals surface area contributed by atoms with Crippen molar-refractivity contribution in [2.24, 2.45) is 13.0 Å². The number of carbonyl (C=O) groups is 1. The SMILES string of the molecule is Cn1nnc(CC2CSCC2=O)n1. The molecule has 5 nitrogen and oxygen atoms in total. The van der Waals surface area contributed by atoms with Crippen LogP contribution in [0.3, 0.4) is 0 Å². The number of hydrogen-bond acceptors (Lipinski definition) is 5. The molecule has 0 aromatic carbocycles. The molecule has 1 aromatic rings. The number of thioether (sulfide) groups is 1. The fraction of sp³-hybridized carbons (Fsp3) is 0.714. The summed E-state index contributed by atoms with van der Waals surface area (Å²) in [6.07, 6.45) is 0.639. The Morgan fingerprint density at radius 3 is 3.08 bits per heavy atom. The van der Waals surface area contributed by atoms with E-state index in [4.69, 9.17) is 0 Å². The van der Waals surface area contributed by atoms with Crippen LogP contribution in [0.15, 0.2) is 0 Å². The summed E-state index contributed by atoms with van der Waals surface area (Å²) in [5.74, 6) is 2.64. The first-order valence-corrected chi connectivity index (χ1v) is 5.24. The average molecular weight is 198 g/mol. The minimum Gasteiger partial charge on any atom is -0.298 e. The van der Waals surface area contributed by atoms with Crippen LogP contribution in [0.4, 0.5) is 0 Å². The molecular formula is C7H10N4OS. The van der Waals surface area contributed by atoms with E-state index < -0.39 is 0 Å². The van der Waals surface area contributed by atoms with Gasteiger partial charge in [-0.25, -0.2) is 0 Å². The van der Waals surface area contributed by atoms with Crippen molar-refractivity contribution in [3.8, 4) is 0 Å². The Kier molecular flexibility index (Phi) is 2.30.